The van der Waals surface area contributed by atoms with Crippen LogP contribution in [0.1, 0.15) is 24.4 Å². The quantitative estimate of drug-likeness (QED) is 0.723. The fourth-order valence-electron chi connectivity index (χ4n) is 3.15. The molecule has 4 rings (SSSR count). The van der Waals surface area contributed by atoms with Crippen LogP contribution < -0.4 is 15.8 Å². The van der Waals surface area contributed by atoms with Gasteiger partial charge in [0.05, 0.1) is 18.8 Å². The molecule has 1 aliphatic heterocycles. The predicted octanol–water partition coefficient (Wildman–Crippen LogP) is 1.81. The van der Waals surface area contributed by atoms with E-state index in [-0.39, 0.29) is 17.4 Å². The van der Waals surface area contributed by atoms with Crippen LogP contribution in [-0.2, 0) is 11.3 Å². The predicted molar refractivity (Wildman–Crippen MR) is 98.3 cm³/mol. The molecule has 0 unspecified atom stereocenters. The Morgan fingerprint density at radius 3 is 3.15 bits per heavy atom. The average molecular weight is 373 g/mol. The van der Waals surface area contributed by atoms with Gasteiger partial charge in [-0.1, -0.05) is 11.3 Å². The zero-order valence-electron chi connectivity index (χ0n) is 14.3. The molecule has 0 aromatic carbocycles. The highest BCUT2D eigenvalue weighted by Crippen LogP contribution is 2.29. The minimum absolute atomic E-state index is 0.0147. The summed E-state index contributed by atoms with van der Waals surface area (Å²) in [6.07, 6.45) is 3.10. The van der Waals surface area contributed by atoms with Gasteiger partial charge in [-0.2, -0.15) is 4.98 Å². The van der Waals surface area contributed by atoms with Gasteiger partial charge in [0.1, 0.15) is 16.2 Å². The number of furan rings is 1. The Morgan fingerprint density at radius 2 is 2.38 bits per heavy atom. The number of carbonyl (C=O) groups is 1. The van der Waals surface area contributed by atoms with Gasteiger partial charge in [-0.05, 0) is 31.9 Å². The van der Waals surface area contributed by atoms with Crippen LogP contribution in [0.25, 0.3) is 10.3 Å². The van der Waals surface area contributed by atoms with Crippen molar-refractivity contribution >= 4 is 32.7 Å². The highest BCUT2D eigenvalue weighted by Gasteiger charge is 2.27. The monoisotopic (exact) mass is 373 g/mol. The number of nitrogens with zero attached hydrogens (tertiary/aromatic N) is 3. The van der Waals surface area contributed by atoms with E-state index in [0.29, 0.717) is 23.4 Å². The zero-order chi connectivity index (χ0) is 18.1. The number of hydrogen-bond acceptors (Lipinski definition) is 7. The maximum atomic E-state index is 12.5. The average Bonchev–Trinajstić information content (AvgIpc) is 3.27. The van der Waals surface area contributed by atoms with Gasteiger partial charge in [-0.25, -0.2) is 4.98 Å². The summed E-state index contributed by atoms with van der Waals surface area (Å²) >= 11 is 1.32. The molecule has 0 spiro atoms. The van der Waals surface area contributed by atoms with Gasteiger partial charge >= 0.3 is 0 Å². The van der Waals surface area contributed by atoms with E-state index in [2.05, 4.69) is 25.2 Å². The molecule has 3 aromatic heterocycles. The van der Waals surface area contributed by atoms with Crippen molar-refractivity contribution in [3.63, 3.8) is 0 Å². The minimum Gasteiger partial charge on any atom is -0.465 e. The van der Waals surface area contributed by atoms with E-state index in [1.54, 1.807) is 0 Å². The molecule has 1 atom stereocenters. The van der Waals surface area contributed by atoms with Gasteiger partial charge in [0, 0.05) is 13.1 Å². The number of rotatable bonds is 4. The summed E-state index contributed by atoms with van der Waals surface area (Å²) in [7, 11) is 0. The second-order valence-corrected chi connectivity index (χ2v) is 7.37. The Hall–Kier alpha value is -2.68. The first kappa shape index (κ1) is 16.8. The molecule has 4 heterocycles. The van der Waals surface area contributed by atoms with Gasteiger partial charge in [0.2, 0.25) is 5.91 Å². The number of nitrogens with one attached hydrogen (secondary N) is 2. The molecule has 1 fully saturated rings. The lowest BCUT2D eigenvalue weighted by atomic mass is 9.97. The first-order chi connectivity index (χ1) is 12.6. The Bertz CT molecular complexity index is 992. The summed E-state index contributed by atoms with van der Waals surface area (Å²) in [6, 6.07) is 3.75. The van der Waals surface area contributed by atoms with Crippen LogP contribution in [-0.4, -0.2) is 33.9 Å². The summed E-state index contributed by atoms with van der Waals surface area (Å²) < 4.78 is 6.00. The molecule has 1 saturated heterocycles. The van der Waals surface area contributed by atoms with Gasteiger partial charge in [0.25, 0.3) is 5.56 Å². The fourth-order valence-corrected chi connectivity index (χ4v) is 4.10. The van der Waals surface area contributed by atoms with Crippen LogP contribution in [0.5, 0.6) is 0 Å². The van der Waals surface area contributed by atoms with Gasteiger partial charge in [0.15, 0.2) is 10.8 Å². The number of hydrogen-bond donors (Lipinski definition) is 2. The van der Waals surface area contributed by atoms with Crippen molar-refractivity contribution in [2.24, 2.45) is 5.92 Å². The molecule has 2 N–H and O–H groups in total. The van der Waals surface area contributed by atoms with Crippen LogP contribution in [0.2, 0.25) is 0 Å². The largest absolute Gasteiger partial charge is 0.465 e. The maximum absolute atomic E-state index is 12.5. The Labute approximate surface area is 153 Å². The first-order valence-electron chi connectivity index (χ1n) is 8.52. The van der Waals surface area contributed by atoms with Gasteiger partial charge < -0.3 is 19.6 Å². The molecule has 0 radical (unpaired) electrons. The molecular formula is C17H19N5O3S. The smallest absolute Gasteiger partial charge is 0.270 e. The lowest BCUT2D eigenvalue weighted by Crippen LogP contribution is -2.42. The maximum Gasteiger partial charge on any atom is 0.270 e. The molecule has 9 heteroatoms. The zero-order valence-corrected chi connectivity index (χ0v) is 15.1. The summed E-state index contributed by atoms with van der Waals surface area (Å²) in [4.78, 5) is 37.6. The van der Waals surface area contributed by atoms with Crippen LogP contribution in [0.4, 0.5) is 5.13 Å². The van der Waals surface area contributed by atoms with E-state index in [1.807, 2.05) is 19.1 Å². The number of aryl methyl sites for hydroxylation is 1. The van der Waals surface area contributed by atoms with E-state index in [1.165, 1.54) is 17.7 Å². The molecule has 0 aliphatic carbocycles. The molecule has 1 aliphatic rings. The number of amides is 1. The number of carbonyl (C=O) groups excluding carboxylic acids is 1. The summed E-state index contributed by atoms with van der Waals surface area (Å²) in [5.41, 5.74) is 0.271. The van der Waals surface area contributed by atoms with Crippen LogP contribution in [0.15, 0.2) is 27.7 Å². The number of anilines is 1. The Morgan fingerprint density at radius 1 is 1.50 bits per heavy atom. The van der Waals surface area contributed by atoms with Crippen molar-refractivity contribution in [2.75, 3.05) is 18.0 Å². The van der Waals surface area contributed by atoms with Crippen molar-refractivity contribution in [1.29, 1.82) is 0 Å². The summed E-state index contributed by atoms with van der Waals surface area (Å²) in [6.45, 7) is 3.67. The number of aromatic nitrogens is 3. The van der Waals surface area contributed by atoms with Crippen molar-refractivity contribution in [3.8, 4) is 0 Å². The molecule has 8 nitrogen and oxygen atoms in total. The standard InChI is InChI=1S/C17H19N5O3S/c1-10-4-5-12(25-10)7-18-15(23)11-3-2-6-22(8-11)17-21-14-13(26-17)16(24)20-9-19-14/h4-5,9,11H,2-3,6-8H2,1H3,(H,18,23)(H,19,20,24)/t11-/m1/s1. The second kappa shape index (κ2) is 6.91. The highest BCUT2D eigenvalue weighted by atomic mass is 32.1. The van der Waals surface area contributed by atoms with E-state index in [0.717, 1.165) is 36.0 Å². The van der Waals surface area contributed by atoms with Crippen molar-refractivity contribution in [1.82, 2.24) is 20.3 Å². The lowest BCUT2D eigenvalue weighted by molar-refractivity contribution is -0.125. The number of piperidine rings is 1. The van der Waals surface area contributed by atoms with Crippen molar-refractivity contribution < 1.29 is 9.21 Å². The number of fused-ring (bicyclic) bond motifs is 1. The molecule has 3 aromatic rings. The van der Waals surface area contributed by atoms with E-state index in [9.17, 15) is 9.59 Å². The normalized spacial score (nSPS) is 17.6. The van der Waals surface area contributed by atoms with Crippen molar-refractivity contribution in [2.45, 2.75) is 26.3 Å². The summed E-state index contributed by atoms with van der Waals surface area (Å²) in [5.74, 6) is 1.48. The van der Waals surface area contributed by atoms with Crippen LogP contribution in [0.3, 0.4) is 0 Å². The van der Waals surface area contributed by atoms with Crippen LogP contribution in [0, 0.1) is 12.8 Å². The molecule has 26 heavy (non-hydrogen) atoms. The summed E-state index contributed by atoms with van der Waals surface area (Å²) in [5, 5.41) is 3.69. The Balaban J connectivity index is 1.43. The molecule has 1 amide bonds. The molecular weight excluding hydrogens is 354 g/mol. The third kappa shape index (κ3) is 3.34. The minimum atomic E-state index is -0.182. The SMILES string of the molecule is Cc1ccc(CNC(=O)[C@@H]2CCCN(c3nc4nc[nH]c(=O)c4s3)C2)o1. The lowest BCUT2D eigenvalue weighted by Gasteiger charge is -2.31. The van der Waals surface area contributed by atoms with E-state index < -0.39 is 0 Å². The second-order valence-electron chi connectivity index (χ2n) is 6.40. The number of H-pyrrole nitrogens is 1. The number of thiazole rings is 1. The van der Waals surface area contributed by atoms with Crippen molar-refractivity contribution in [3.05, 3.63) is 40.3 Å². The topological polar surface area (TPSA) is 104 Å². The number of aromatic amines is 1. The van der Waals surface area contributed by atoms with Crippen LogP contribution >= 0.6 is 11.3 Å². The Kier molecular flexibility index (Phi) is 4.46. The third-order valence-corrected chi connectivity index (χ3v) is 5.59. The van der Waals surface area contributed by atoms with Gasteiger partial charge in [-0.15, -0.1) is 0 Å². The van der Waals surface area contributed by atoms with E-state index in [4.69, 9.17) is 4.42 Å². The first-order valence-corrected chi connectivity index (χ1v) is 9.34. The van der Waals surface area contributed by atoms with Gasteiger partial charge in [-0.3, -0.25) is 9.59 Å². The third-order valence-electron chi connectivity index (χ3n) is 4.48. The molecule has 0 saturated carbocycles. The fraction of sp³-hybridized carbons (Fsp3) is 0.412. The molecule has 136 valence electrons. The highest BCUT2D eigenvalue weighted by molar-refractivity contribution is 7.22. The van der Waals surface area contributed by atoms with E-state index >= 15 is 0 Å². The molecule has 0 bridgehead atoms.